The van der Waals surface area contributed by atoms with E-state index >= 15 is 0 Å². The van der Waals surface area contributed by atoms with Crippen LogP contribution in [0, 0.1) is 23.5 Å². The van der Waals surface area contributed by atoms with Crippen molar-refractivity contribution >= 4 is 0 Å². The molecule has 2 aromatic rings. The number of benzene rings is 2. The van der Waals surface area contributed by atoms with Gasteiger partial charge in [0.15, 0.2) is 0 Å². The van der Waals surface area contributed by atoms with Gasteiger partial charge in [-0.2, -0.15) is 0 Å². The first-order valence-corrected chi connectivity index (χ1v) is 12.7. The lowest BCUT2D eigenvalue weighted by Gasteiger charge is -2.33. The van der Waals surface area contributed by atoms with Crippen LogP contribution in [0.15, 0.2) is 36.4 Å². The van der Waals surface area contributed by atoms with Crippen LogP contribution in [-0.4, -0.2) is 18.3 Å². The Morgan fingerprint density at radius 3 is 1.68 bits per heavy atom. The summed E-state index contributed by atoms with van der Waals surface area (Å²) >= 11 is 0. The van der Waals surface area contributed by atoms with Crippen molar-refractivity contribution in [2.45, 2.75) is 75.9 Å². The van der Waals surface area contributed by atoms with Crippen LogP contribution < -0.4 is 0 Å². The van der Waals surface area contributed by atoms with Crippen LogP contribution in [-0.2, 0) is 9.47 Å². The van der Waals surface area contributed by atoms with Gasteiger partial charge in [-0.05, 0) is 84.0 Å². The lowest BCUT2D eigenvalue weighted by atomic mass is 9.87. The van der Waals surface area contributed by atoms with Crippen molar-refractivity contribution in [1.82, 2.24) is 0 Å². The monoisotopic (exact) mass is 474 g/mol. The van der Waals surface area contributed by atoms with Gasteiger partial charge >= 0.3 is 0 Å². The van der Waals surface area contributed by atoms with Crippen molar-refractivity contribution in [3.05, 3.63) is 70.3 Å². The molecule has 2 aromatic carbocycles. The highest BCUT2D eigenvalue weighted by atomic mass is 19.1. The molecular formula is C28H33F3O3. The van der Waals surface area contributed by atoms with E-state index in [-0.39, 0.29) is 37.1 Å². The average Bonchev–Trinajstić information content (AvgIpc) is 3.56. The van der Waals surface area contributed by atoms with Crippen LogP contribution in [0.2, 0.25) is 0 Å². The summed E-state index contributed by atoms with van der Waals surface area (Å²) in [5.41, 5.74) is 3.05. The molecular weight excluding hydrogens is 441 g/mol. The topological polar surface area (TPSA) is 38.7 Å². The molecule has 2 heterocycles. The fourth-order valence-electron chi connectivity index (χ4n) is 6.21. The van der Waals surface area contributed by atoms with Crippen LogP contribution in [0.25, 0.3) is 0 Å². The van der Waals surface area contributed by atoms with Gasteiger partial charge < -0.3 is 14.6 Å². The molecule has 4 unspecified atom stereocenters. The molecule has 184 valence electrons. The molecule has 2 fully saturated rings. The third-order valence-corrected chi connectivity index (χ3v) is 7.92. The van der Waals surface area contributed by atoms with E-state index in [2.05, 4.69) is 0 Å². The van der Waals surface area contributed by atoms with Crippen molar-refractivity contribution in [3.8, 4) is 0 Å². The SMILES string of the molecule is Fc1ccc2c(c1)C(F)COC2C1CCCC1.OC1COC(C2CCCC2)c2ccc(F)cc21. The molecule has 2 aliphatic heterocycles. The first-order chi connectivity index (χ1) is 16.5. The van der Waals surface area contributed by atoms with E-state index in [9.17, 15) is 18.3 Å². The van der Waals surface area contributed by atoms with Crippen molar-refractivity contribution in [2.75, 3.05) is 13.2 Å². The predicted octanol–water partition coefficient (Wildman–Crippen LogP) is 7.22. The van der Waals surface area contributed by atoms with E-state index < -0.39 is 12.3 Å². The van der Waals surface area contributed by atoms with Gasteiger partial charge in [0.1, 0.15) is 23.9 Å². The fraction of sp³-hybridized carbons (Fsp3) is 0.571. The van der Waals surface area contributed by atoms with E-state index in [1.807, 2.05) is 0 Å². The first-order valence-electron chi connectivity index (χ1n) is 12.7. The second kappa shape index (κ2) is 10.4. The van der Waals surface area contributed by atoms with Crippen LogP contribution in [0.4, 0.5) is 13.2 Å². The van der Waals surface area contributed by atoms with Crippen molar-refractivity contribution < 1.29 is 27.8 Å². The molecule has 0 bridgehead atoms. The summed E-state index contributed by atoms with van der Waals surface area (Å²) in [6.45, 7) is 0.356. The minimum Gasteiger partial charge on any atom is -0.386 e. The van der Waals surface area contributed by atoms with E-state index in [0.29, 0.717) is 23.0 Å². The molecule has 34 heavy (non-hydrogen) atoms. The fourth-order valence-corrected chi connectivity index (χ4v) is 6.21. The van der Waals surface area contributed by atoms with Crippen molar-refractivity contribution in [2.24, 2.45) is 11.8 Å². The molecule has 6 heteroatoms. The summed E-state index contributed by atoms with van der Waals surface area (Å²) in [5, 5.41) is 9.85. The number of alkyl halides is 1. The van der Waals surface area contributed by atoms with Crippen molar-refractivity contribution in [1.29, 1.82) is 0 Å². The number of aliphatic hydroxyl groups excluding tert-OH is 1. The van der Waals surface area contributed by atoms with Gasteiger partial charge in [-0.25, -0.2) is 13.2 Å². The van der Waals surface area contributed by atoms with Gasteiger partial charge in [0.05, 0.1) is 25.4 Å². The molecule has 2 saturated carbocycles. The molecule has 0 spiro atoms. The Morgan fingerprint density at radius 1 is 0.647 bits per heavy atom. The Hall–Kier alpha value is -1.89. The van der Waals surface area contributed by atoms with Crippen molar-refractivity contribution in [3.63, 3.8) is 0 Å². The van der Waals surface area contributed by atoms with Crippen LogP contribution >= 0.6 is 0 Å². The average molecular weight is 475 g/mol. The molecule has 3 nitrogen and oxygen atoms in total. The zero-order valence-corrected chi connectivity index (χ0v) is 19.4. The summed E-state index contributed by atoms with van der Waals surface area (Å²) in [7, 11) is 0. The lowest BCUT2D eigenvalue weighted by molar-refractivity contribution is -0.0547. The lowest BCUT2D eigenvalue weighted by Crippen LogP contribution is -2.25. The Morgan fingerprint density at radius 2 is 1.12 bits per heavy atom. The maximum absolute atomic E-state index is 13.7. The van der Waals surface area contributed by atoms with E-state index in [1.165, 1.54) is 62.8 Å². The standard InChI is InChI=1S/C14H16F2O.C14H17FO2/c2*15-10-5-6-11-12(7-10)13(16)8-17-14(11)9-3-1-2-4-9/h5-7,9,13-14H,1-4,8H2;5-7,9,13-14,16H,1-4,8H2. The highest BCUT2D eigenvalue weighted by molar-refractivity contribution is 5.35. The minimum absolute atomic E-state index is 0.0277. The number of halogens is 3. The zero-order chi connectivity index (χ0) is 23.7. The normalized spacial score (nSPS) is 29.3. The number of rotatable bonds is 2. The molecule has 0 radical (unpaired) electrons. The number of hydrogen-bond donors (Lipinski definition) is 1. The summed E-state index contributed by atoms with van der Waals surface area (Å²) < 4.78 is 51.5. The van der Waals surface area contributed by atoms with E-state index in [4.69, 9.17) is 9.47 Å². The van der Waals surface area contributed by atoms with Gasteiger partial charge in [-0.3, -0.25) is 0 Å². The van der Waals surface area contributed by atoms with Gasteiger partial charge in [0.2, 0.25) is 0 Å². The second-order valence-electron chi connectivity index (χ2n) is 10.1. The largest absolute Gasteiger partial charge is 0.386 e. The quantitative estimate of drug-likeness (QED) is 0.499. The third-order valence-electron chi connectivity index (χ3n) is 7.92. The highest BCUT2D eigenvalue weighted by Gasteiger charge is 2.35. The van der Waals surface area contributed by atoms with E-state index in [1.54, 1.807) is 12.1 Å². The summed E-state index contributed by atoms with van der Waals surface area (Å²) in [6, 6.07) is 9.11. The minimum atomic E-state index is -1.18. The molecule has 0 saturated heterocycles. The Bertz CT molecular complexity index is 905. The molecule has 0 aromatic heterocycles. The molecule has 2 aliphatic carbocycles. The summed E-state index contributed by atoms with van der Waals surface area (Å²) in [4.78, 5) is 0. The number of fused-ring (bicyclic) bond motifs is 2. The first kappa shape index (κ1) is 23.8. The summed E-state index contributed by atoms with van der Waals surface area (Å²) in [5.74, 6) is 0.367. The maximum Gasteiger partial charge on any atom is 0.149 e. The maximum atomic E-state index is 13.7. The Kier molecular flexibility index (Phi) is 7.28. The zero-order valence-electron chi connectivity index (χ0n) is 19.4. The Balaban J connectivity index is 0.000000142. The van der Waals surface area contributed by atoms with Gasteiger partial charge in [-0.1, -0.05) is 37.8 Å². The van der Waals surface area contributed by atoms with Gasteiger partial charge in [0, 0.05) is 0 Å². The predicted molar refractivity (Wildman–Crippen MR) is 123 cm³/mol. The summed E-state index contributed by atoms with van der Waals surface area (Å²) in [6.07, 6.45) is 7.74. The molecule has 0 amide bonds. The third kappa shape index (κ3) is 4.91. The number of aliphatic hydroxyl groups is 1. The second-order valence-corrected chi connectivity index (χ2v) is 10.1. The number of ether oxygens (including phenoxy) is 2. The Labute approximate surface area is 199 Å². The molecule has 4 aliphatic rings. The molecule has 4 atom stereocenters. The number of hydrogen-bond acceptors (Lipinski definition) is 3. The molecule has 1 N–H and O–H groups in total. The van der Waals surface area contributed by atoms with Crippen LogP contribution in [0.5, 0.6) is 0 Å². The molecule has 6 rings (SSSR count). The van der Waals surface area contributed by atoms with Crippen LogP contribution in [0.1, 0.15) is 98.1 Å². The smallest absolute Gasteiger partial charge is 0.149 e. The van der Waals surface area contributed by atoms with E-state index in [0.717, 1.165) is 24.0 Å². The van der Waals surface area contributed by atoms with Gasteiger partial charge in [0.25, 0.3) is 0 Å². The van der Waals surface area contributed by atoms with Gasteiger partial charge in [-0.15, -0.1) is 0 Å². The highest BCUT2D eigenvalue weighted by Crippen LogP contribution is 2.45. The van der Waals surface area contributed by atoms with Crippen LogP contribution in [0.3, 0.4) is 0 Å².